The van der Waals surface area contributed by atoms with E-state index in [1.165, 1.54) is 6.42 Å². The van der Waals surface area contributed by atoms with Gasteiger partial charge < -0.3 is 11.1 Å². The van der Waals surface area contributed by atoms with E-state index < -0.39 is 16.1 Å². The first-order valence-corrected chi connectivity index (χ1v) is 7.56. The van der Waals surface area contributed by atoms with Crippen molar-refractivity contribution in [2.24, 2.45) is 11.7 Å². The average molecular weight is 263 g/mol. The summed E-state index contributed by atoms with van der Waals surface area (Å²) in [5.41, 5.74) is 5.33. The fraction of sp³-hybridized carbons (Fsp3) is 0.900. The van der Waals surface area contributed by atoms with Crippen molar-refractivity contribution < 1.29 is 13.2 Å². The monoisotopic (exact) mass is 263 g/mol. The van der Waals surface area contributed by atoms with Gasteiger partial charge in [-0.15, -0.1) is 0 Å². The largest absolute Gasteiger partial charge is 0.354 e. The van der Waals surface area contributed by atoms with E-state index in [4.69, 9.17) is 5.73 Å². The van der Waals surface area contributed by atoms with E-state index in [0.717, 1.165) is 12.8 Å². The number of nitrogens with two attached hydrogens (primary N) is 1. The second-order valence-electron chi connectivity index (χ2n) is 4.54. The third-order valence-corrected chi connectivity index (χ3v) is 4.25. The van der Waals surface area contributed by atoms with Crippen LogP contribution in [0.2, 0.25) is 0 Å². The van der Waals surface area contributed by atoms with Crippen molar-refractivity contribution in [2.45, 2.75) is 32.2 Å². The molecule has 0 aromatic carbocycles. The van der Waals surface area contributed by atoms with Crippen molar-refractivity contribution in [1.29, 1.82) is 0 Å². The van der Waals surface area contributed by atoms with Crippen LogP contribution in [0, 0.1) is 5.92 Å². The van der Waals surface area contributed by atoms with Crippen LogP contribution >= 0.6 is 0 Å². The Hall–Kier alpha value is -0.660. The average Bonchev–Trinajstić information content (AvgIpc) is 2.14. The molecule has 1 saturated carbocycles. The van der Waals surface area contributed by atoms with Gasteiger partial charge in [-0.1, -0.05) is 6.42 Å². The number of nitrogens with one attached hydrogen (secondary N) is 2. The molecule has 1 fully saturated rings. The van der Waals surface area contributed by atoms with E-state index in [2.05, 4.69) is 10.0 Å². The number of hydrogen-bond acceptors (Lipinski definition) is 4. The van der Waals surface area contributed by atoms with Crippen molar-refractivity contribution in [3.8, 4) is 0 Å². The van der Waals surface area contributed by atoms with Gasteiger partial charge in [-0.05, 0) is 25.7 Å². The molecule has 0 radical (unpaired) electrons. The lowest BCUT2D eigenvalue weighted by molar-refractivity contribution is -0.121. The molecule has 0 aliphatic heterocycles. The Kier molecular flexibility index (Phi) is 5.35. The van der Waals surface area contributed by atoms with Gasteiger partial charge in [0.15, 0.2) is 0 Å². The molecule has 100 valence electrons. The van der Waals surface area contributed by atoms with Crippen LogP contribution in [0.3, 0.4) is 0 Å². The van der Waals surface area contributed by atoms with Gasteiger partial charge in [-0.3, -0.25) is 4.79 Å². The molecule has 17 heavy (non-hydrogen) atoms. The van der Waals surface area contributed by atoms with Crippen LogP contribution in [0.15, 0.2) is 0 Å². The number of carbonyl (C=O) groups excluding carboxylic acids is 1. The third-order valence-electron chi connectivity index (χ3n) is 2.90. The summed E-state index contributed by atoms with van der Waals surface area (Å²) in [5.74, 6) is 0.0562. The standard InChI is InChI=1S/C10H21N3O3S/c1-8(11)10(14)12-5-6-17(15,16)13-7-9-3-2-4-9/h8-9,13H,2-7,11H2,1H3,(H,12,14)/t8-/m0/s1. The maximum Gasteiger partial charge on any atom is 0.236 e. The molecule has 6 nitrogen and oxygen atoms in total. The number of rotatable bonds is 7. The zero-order valence-corrected chi connectivity index (χ0v) is 10.9. The summed E-state index contributed by atoms with van der Waals surface area (Å²) < 4.78 is 25.6. The first-order chi connectivity index (χ1) is 7.91. The maximum atomic E-state index is 11.5. The Morgan fingerprint density at radius 2 is 2.12 bits per heavy atom. The van der Waals surface area contributed by atoms with Gasteiger partial charge in [0, 0.05) is 13.1 Å². The highest BCUT2D eigenvalue weighted by molar-refractivity contribution is 7.89. The minimum atomic E-state index is -3.28. The Morgan fingerprint density at radius 3 is 2.59 bits per heavy atom. The van der Waals surface area contributed by atoms with Crippen molar-refractivity contribution in [1.82, 2.24) is 10.0 Å². The highest BCUT2D eigenvalue weighted by Gasteiger charge is 2.20. The lowest BCUT2D eigenvalue weighted by Gasteiger charge is -2.25. The minimum absolute atomic E-state index is 0.0976. The molecular formula is C10H21N3O3S. The van der Waals surface area contributed by atoms with E-state index in [1.54, 1.807) is 6.92 Å². The van der Waals surface area contributed by atoms with Gasteiger partial charge in [-0.25, -0.2) is 13.1 Å². The molecule has 1 aliphatic carbocycles. The summed E-state index contributed by atoms with van der Waals surface area (Å²) in [6, 6.07) is -0.611. The quantitative estimate of drug-likeness (QED) is 0.558. The Morgan fingerprint density at radius 1 is 1.47 bits per heavy atom. The van der Waals surface area contributed by atoms with Crippen LogP contribution in [-0.4, -0.2) is 39.2 Å². The Bertz CT molecular complexity index is 350. The van der Waals surface area contributed by atoms with E-state index in [9.17, 15) is 13.2 Å². The molecule has 0 saturated heterocycles. The minimum Gasteiger partial charge on any atom is -0.354 e. The summed E-state index contributed by atoms with van der Waals surface area (Å²) in [5, 5.41) is 2.47. The van der Waals surface area contributed by atoms with Crippen molar-refractivity contribution in [3.63, 3.8) is 0 Å². The molecule has 7 heteroatoms. The molecule has 1 rings (SSSR count). The molecule has 1 amide bonds. The van der Waals surface area contributed by atoms with E-state index in [-0.39, 0.29) is 18.2 Å². The fourth-order valence-electron chi connectivity index (χ4n) is 1.48. The normalized spacial score (nSPS) is 18.5. The Balaban J connectivity index is 2.17. The van der Waals surface area contributed by atoms with Crippen LogP contribution in [-0.2, 0) is 14.8 Å². The van der Waals surface area contributed by atoms with Gasteiger partial charge in [0.25, 0.3) is 0 Å². The number of hydrogen-bond donors (Lipinski definition) is 3. The predicted octanol–water partition coefficient (Wildman–Crippen LogP) is -0.831. The van der Waals surface area contributed by atoms with Crippen LogP contribution < -0.4 is 15.8 Å². The summed E-state index contributed by atoms with van der Waals surface area (Å²) in [6.45, 7) is 2.17. The van der Waals surface area contributed by atoms with Gasteiger partial charge in [0.1, 0.15) is 0 Å². The molecule has 4 N–H and O–H groups in total. The molecule has 1 atom stereocenters. The molecule has 0 aromatic rings. The lowest BCUT2D eigenvalue weighted by Crippen LogP contribution is -2.42. The van der Waals surface area contributed by atoms with E-state index in [1.807, 2.05) is 0 Å². The van der Waals surface area contributed by atoms with Crippen molar-refractivity contribution >= 4 is 15.9 Å². The first kappa shape index (κ1) is 14.4. The lowest BCUT2D eigenvalue weighted by atomic mass is 9.86. The highest BCUT2D eigenvalue weighted by atomic mass is 32.2. The smallest absolute Gasteiger partial charge is 0.236 e. The first-order valence-electron chi connectivity index (χ1n) is 5.91. The summed E-state index contributed by atoms with van der Waals surface area (Å²) in [6.07, 6.45) is 3.39. The van der Waals surface area contributed by atoms with E-state index >= 15 is 0 Å². The topological polar surface area (TPSA) is 101 Å². The number of sulfonamides is 1. The molecule has 0 spiro atoms. The molecule has 0 bridgehead atoms. The SMILES string of the molecule is C[C@H](N)C(=O)NCCS(=O)(=O)NCC1CCC1. The predicted molar refractivity (Wildman–Crippen MR) is 65.8 cm³/mol. The van der Waals surface area contributed by atoms with Crippen LogP contribution in [0.5, 0.6) is 0 Å². The van der Waals surface area contributed by atoms with Gasteiger partial charge in [0.05, 0.1) is 11.8 Å². The second-order valence-corrected chi connectivity index (χ2v) is 6.47. The fourth-order valence-corrected chi connectivity index (χ4v) is 2.49. The third kappa shape index (κ3) is 5.47. The van der Waals surface area contributed by atoms with Crippen LogP contribution in [0.1, 0.15) is 26.2 Å². The summed E-state index contributed by atoms with van der Waals surface area (Å²) in [7, 11) is -3.28. The van der Waals surface area contributed by atoms with E-state index in [0.29, 0.717) is 12.5 Å². The van der Waals surface area contributed by atoms with Crippen LogP contribution in [0.25, 0.3) is 0 Å². The zero-order valence-electron chi connectivity index (χ0n) is 10.1. The number of carbonyl (C=O) groups is 1. The number of amides is 1. The molecule has 0 aromatic heterocycles. The maximum absolute atomic E-state index is 11.5. The second kappa shape index (κ2) is 6.32. The molecular weight excluding hydrogens is 242 g/mol. The molecule has 0 unspecified atom stereocenters. The van der Waals surface area contributed by atoms with Crippen LogP contribution in [0.4, 0.5) is 0 Å². The zero-order chi connectivity index (χ0) is 12.9. The highest BCUT2D eigenvalue weighted by Crippen LogP contribution is 2.25. The molecule has 1 aliphatic rings. The summed E-state index contributed by atoms with van der Waals surface area (Å²) in [4.78, 5) is 11.1. The van der Waals surface area contributed by atoms with Gasteiger partial charge in [-0.2, -0.15) is 0 Å². The van der Waals surface area contributed by atoms with Crippen molar-refractivity contribution in [2.75, 3.05) is 18.8 Å². The van der Waals surface area contributed by atoms with Gasteiger partial charge in [0.2, 0.25) is 15.9 Å². The van der Waals surface area contributed by atoms with Crippen molar-refractivity contribution in [3.05, 3.63) is 0 Å². The van der Waals surface area contributed by atoms with Gasteiger partial charge >= 0.3 is 0 Å². The molecule has 0 heterocycles. The Labute approximate surface area is 102 Å². The summed E-state index contributed by atoms with van der Waals surface area (Å²) >= 11 is 0.